The summed E-state index contributed by atoms with van der Waals surface area (Å²) < 4.78 is 15.6. The molecule has 0 aliphatic rings. The van der Waals surface area contributed by atoms with Gasteiger partial charge in [0.2, 0.25) is 5.91 Å². The summed E-state index contributed by atoms with van der Waals surface area (Å²) in [7, 11) is 1.44. The first-order chi connectivity index (χ1) is 10.7. The lowest BCUT2D eigenvalue weighted by Crippen LogP contribution is -2.40. The van der Waals surface area contributed by atoms with Gasteiger partial charge in [0.05, 0.1) is 12.7 Å². The van der Waals surface area contributed by atoms with Crippen LogP contribution in [-0.4, -0.2) is 55.2 Å². The van der Waals surface area contributed by atoms with Gasteiger partial charge in [-0.25, -0.2) is 0 Å². The fourth-order valence-corrected chi connectivity index (χ4v) is 1.75. The molecule has 0 aliphatic carbocycles. The van der Waals surface area contributed by atoms with Gasteiger partial charge in [0.15, 0.2) is 6.29 Å². The zero-order valence-electron chi connectivity index (χ0n) is 14.9. The molecule has 7 nitrogen and oxygen atoms in total. The van der Waals surface area contributed by atoms with E-state index < -0.39 is 12.3 Å². The molecule has 7 heteroatoms. The predicted octanol–water partition coefficient (Wildman–Crippen LogP) is 1.37. The van der Waals surface area contributed by atoms with Crippen molar-refractivity contribution < 1.29 is 28.9 Å². The Kier molecular flexibility index (Phi) is 10.8. The van der Waals surface area contributed by atoms with E-state index in [0.29, 0.717) is 12.8 Å². The monoisotopic (exact) mass is 333 g/mol. The van der Waals surface area contributed by atoms with E-state index in [1.807, 2.05) is 27.7 Å². The Labute approximate surface area is 138 Å². The van der Waals surface area contributed by atoms with E-state index in [0.717, 1.165) is 0 Å². The molecule has 2 atom stereocenters. The van der Waals surface area contributed by atoms with Crippen LogP contribution in [0, 0.1) is 0 Å². The van der Waals surface area contributed by atoms with Crippen LogP contribution in [0.5, 0.6) is 0 Å². The van der Waals surface area contributed by atoms with Crippen LogP contribution < -0.4 is 5.32 Å². The highest BCUT2D eigenvalue weighted by Crippen LogP contribution is 2.06. The number of hydrogen-bond acceptors (Lipinski definition) is 6. The Hall–Kier alpha value is -1.18. The van der Waals surface area contributed by atoms with E-state index in [4.69, 9.17) is 19.3 Å². The number of methoxy groups -OCH3 is 1. The summed E-state index contributed by atoms with van der Waals surface area (Å²) >= 11 is 0. The molecule has 0 rings (SSSR count). The minimum absolute atomic E-state index is 0.0416. The molecule has 0 radical (unpaired) electrons. The van der Waals surface area contributed by atoms with Crippen molar-refractivity contribution in [3.63, 3.8) is 0 Å². The van der Waals surface area contributed by atoms with Gasteiger partial charge in [0, 0.05) is 25.5 Å². The molecule has 0 aromatic heterocycles. The van der Waals surface area contributed by atoms with Crippen LogP contribution in [0.3, 0.4) is 0 Å². The Bertz CT molecular complexity index is 349. The zero-order chi connectivity index (χ0) is 17.9. The van der Waals surface area contributed by atoms with Gasteiger partial charge in [-0.1, -0.05) is 6.92 Å². The standard InChI is InChI=1S/C16H31NO6/c1-6-12(10-18)23-15(21-5)11-22-14(20)9-7-8-13(19)17-16(2,3)4/h12,15,18H,6-11H2,1-5H3,(H,17,19). The third-order valence-electron chi connectivity index (χ3n) is 2.95. The van der Waals surface area contributed by atoms with E-state index in [-0.39, 0.29) is 43.6 Å². The maximum Gasteiger partial charge on any atom is 0.305 e. The van der Waals surface area contributed by atoms with Gasteiger partial charge < -0.3 is 24.6 Å². The van der Waals surface area contributed by atoms with Crippen LogP contribution in [0.25, 0.3) is 0 Å². The zero-order valence-corrected chi connectivity index (χ0v) is 14.9. The van der Waals surface area contributed by atoms with E-state index in [1.54, 1.807) is 0 Å². The number of aliphatic hydroxyl groups is 1. The van der Waals surface area contributed by atoms with Gasteiger partial charge in [-0.15, -0.1) is 0 Å². The van der Waals surface area contributed by atoms with Crippen molar-refractivity contribution >= 4 is 11.9 Å². The van der Waals surface area contributed by atoms with Gasteiger partial charge in [-0.05, 0) is 33.6 Å². The number of hydrogen-bond donors (Lipinski definition) is 2. The van der Waals surface area contributed by atoms with Crippen molar-refractivity contribution in [1.29, 1.82) is 0 Å². The smallest absolute Gasteiger partial charge is 0.305 e. The van der Waals surface area contributed by atoms with Gasteiger partial charge >= 0.3 is 5.97 Å². The molecule has 1 amide bonds. The highest BCUT2D eigenvalue weighted by Gasteiger charge is 2.17. The molecule has 0 saturated heterocycles. The van der Waals surface area contributed by atoms with Crippen LogP contribution in [0.4, 0.5) is 0 Å². The molecule has 0 bridgehead atoms. The third-order valence-corrected chi connectivity index (χ3v) is 2.95. The van der Waals surface area contributed by atoms with Gasteiger partial charge in [-0.2, -0.15) is 0 Å². The van der Waals surface area contributed by atoms with E-state index in [1.165, 1.54) is 7.11 Å². The van der Waals surface area contributed by atoms with Crippen LogP contribution in [0.15, 0.2) is 0 Å². The van der Waals surface area contributed by atoms with Crippen LogP contribution in [0.2, 0.25) is 0 Å². The first-order valence-electron chi connectivity index (χ1n) is 7.97. The number of nitrogens with one attached hydrogen (secondary N) is 1. The van der Waals surface area contributed by atoms with Crippen molar-refractivity contribution in [2.45, 2.75) is 71.3 Å². The lowest BCUT2D eigenvalue weighted by atomic mass is 10.1. The van der Waals surface area contributed by atoms with Gasteiger partial charge in [0.25, 0.3) is 0 Å². The molecule has 0 saturated carbocycles. The second-order valence-corrected chi connectivity index (χ2v) is 6.35. The fourth-order valence-electron chi connectivity index (χ4n) is 1.75. The largest absolute Gasteiger partial charge is 0.460 e. The topological polar surface area (TPSA) is 94.1 Å². The first-order valence-corrected chi connectivity index (χ1v) is 7.97. The molecule has 0 spiro atoms. The number of aliphatic hydroxyl groups excluding tert-OH is 1. The predicted molar refractivity (Wildman–Crippen MR) is 85.8 cm³/mol. The summed E-state index contributed by atoms with van der Waals surface area (Å²) in [4.78, 5) is 23.3. The second kappa shape index (κ2) is 11.4. The number of carbonyl (C=O) groups excluding carboxylic acids is 2. The molecule has 0 heterocycles. The summed E-state index contributed by atoms with van der Waals surface area (Å²) in [6, 6.07) is 0. The second-order valence-electron chi connectivity index (χ2n) is 6.35. The molecule has 0 fully saturated rings. The molecule has 136 valence electrons. The molecular weight excluding hydrogens is 302 g/mol. The maximum absolute atomic E-state index is 11.6. The Morgan fingerprint density at radius 1 is 1.22 bits per heavy atom. The van der Waals surface area contributed by atoms with Crippen LogP contribution >= 0.6 is 0 Å². The minimum Gasteiger partial charge on any atom is -0.460 e. The lowest BCUT2D eigenvalue weighted by molar-refractivity contribution is -0.194. The number of rotatable bonds is 11. The maximum atomic E-state index is 11.6. The molecule has 0 aromatic carbocycles. The lowest BCUT2D eigenvalue weighted by Gasteiger charge is -2.21. The number of carbonyl (C=O) groups is 2. The normalized spacial score (nSPS) is 14.2. The summed E-state index contributed by atoms with van der Waals surface area (Å²) in [5.74, 6) is -0.492. The molecule has 2 N–H and O–H groups in total. The number of ether oxygens (including phenoxy) is 3. The highest BCUT2D eigenvalue weighted by molar-refractivity contribution is 5.77. The number of esters is 1. The van der Waals surface area contributed by atoms with Crippen LogP contribution in [-0.2, 0) is 23.8 Å². The Morgan fingerprint density at radius 2 is 1.87 bits per heavy atom. The van der Waals surface area contributed by atoms with E-state index in [9.17, 15) is 9.59 Å². The summed E-state index contributed by atoms with van der Waals surface area (Å²) in [5, 5.41) is 11.9. The van der Waals surface area contributed by atoms with Crippen molar-refractivity contribution in [3.05, 3.63) is 0 Å². The highest BCUT2D eigenvalue weighted by atomic mass is 16.7. The third kappa shape index (κ3) is 12.0. The van der Waals surface area contributed by atoms with E-state index >= 15 is 0 Å². The van der Waals surface area contributed by atoms with Crippen molar-refractivity contribution in [2.75, 3.05) is 20.3 Å². The summed E-state index contributed by atoms with van der Waals surface area (Å²) in [5.41, 5.74) is -0.275. The average molecular weight is 333 g/mol. The molecule has 0 aliphatic heterocycles. The van der Waals surface area contributed by atoms with Gasteiger partial charge in [0.1, 0.15) is 6.61 Å². The summed E-state index contributed by atoms with van der Waals surface area (Å²) in [6.07, 6.45) is 0.435. The van der Waals surface area contributed by atoms with Crippen molar-refractivity contribution in [3.8, 4) is 0 Å². The molecular formula is C16H31NO6. The van der Waals surface area contributed by atoms with Crippen LogP contribution in [0.1, 0.15) is 53.4 Å². The van der Waals surface area contributed by atoms with Crippen molar-refractivity contribution in [2.24, 2.45) is 0 Å². The number of amides is 1. The molecule has 23 heavy (non-hydrogen) atoms. The van der Waals surface area contributed by atoms with E-state index in [2.05, 4.69) is 5.32 Å². The molecule has 0 aromatic rings. The fraction of sp³-hybridized carbons (Fsp3) is 0.875. The Balaban J connectivity index is 3.94. The first kappa shape index (κ1) is 21.8. The van der Waals surface area contributed by atoms with Crippen molar-refractivity contribution in [1.82, 2.24) is 5.32 Å². The Morgan fingerprint density at radius 3 is 2.35 bits per heavy atom. The average Bonchev–Trinajstić information content (AvgIpc) is 2.45. The SMILES string of the molecule is CCC(CO)OC(COC(=O)CCCC(=O)NC(C)(C)C)OC. The van der Waals surface area contributed by atoms with Gasteiger partial charge in [-0.3, -0.25) is 9.59 Å². The quantitative estimate of drug-likeness (QED) is 0.438. The summed E-state index contributed by atoms with van der Waals surface area (Å²) in [6.45, 7) is 7.43. The minimum atomic E-state index is -0.708. The molecule has 2 unspecified atom stereocenters.